The molecule has 2 heterocycles. The maximum absolute atomic E-state index is 11.6. The predicted octanol–water partition coefficient (Wildman–Crippen LogP) is 1.92. The molecule has 13 heavy (non-hydrogen) atoms. The number of hydrogen-bond acceptors (Lipinski definition) is 2. The summed E-state index contributed by atoms with van der Waals surface area (Å²) in [5, 5.41) is 0. The molecule has 70 valence electrons. The van der Waals surface area contributed by atoms with Crippen LogP contribution in [0, 0.1) is 0 Å². The zero-order valence-corrected chi connectivity index (χ0v) is 8.66. The van der Waals surface area contributed by atoms with Gasteiger partial charge in [-0.05, 0) is 40.9 Å². The molecular weight excluding hydrogens is 234 g/mol. The lowest BCUT2D eigenvalue weighted by Crippen LogP contribution is -2.23. The third kappa shape index (κ3) is 1.69. The highest BCUT2D eigenvalue weighted by Crippen LogP contribution is 2.21. The van der Waals surface area contributed by atoms with E-state index in [4.69, 9.17) is 4.74 Å². The van der Waals surface area contributed by atoms with E-state index in [-0.39, 0.29) is 11.8 Å². The van der Waals surface area contributed by atoms with Crippen molar-refractivity contribution in [3.05, 3.63) is 33.2 Å². The van der Waals surface area contributed by atoms with E-state index >= 15 is 0 Å². The molecule has 2 rings (SSSR count). The molecule has 0 spiro atoms. The minimum absolute atomic E-state index is 0.0191. The summed E-state index contributed by atoms with van der Waals surface area (Å²) >= 11 is 3.20. The van der Waals surface area contributed by atoms with Crippen LogP contribution in [0.4, 0.5) is 0 Å². The van der Waals surface area contributed by atoms with E-state index < -0.39 is 0 Å². The Morgan fingerprint density at radius 1 is 1.62 bits per heavy atom. The minimum Gasteiger partial charge on any atom is -0.358 e. The van der Waals surface area contributed by atoms with Gasteiger partial charge in [-0.2, -0.15) is 0 Å². The van der Waals surface area contributed by atoms with E-state index in [1.54, 1.807) is 16.8 Å². The van der Waals surface area contributed by atoms with Gasteiger partial charge in [0.05, 0.1) is 4.47 Å². The van der Waals surface area contributed by atoms with Crippen LogP contribution in [-0.4, -0.2) is 11.2 Å². The van der Waals surface area contributed by atoms with Gasteiger partial charge < -0.3 is 4.74 Å². The Kier molecular flexibility index (Phi) is 2.51. The van der Waals surface area contributed by atoms with Crippen molar-refractivity contribution >= 4 is 15.9 Å². The summed E-state index contributed by atoms with van der Waals surface area (Å²) in [5.74, 6) is 0. The topological polar surface area (TPSA) is 31.2 Å². The largest absolute Gasteiger partial charge is 0.358 e. The smallest absolute Gasteiger partial charge is 0.266 e. The van der Waals surface area contributed by atoms with Gasteiger partial charge in [-0.3, -0.25) is 9.36 Å². The molecule has 1 atom stereocenters. The molecule has 1 aromatic heterocycles. The van der Waals surface area contributed by atoms with E-state index in [2.05, 4.69) is 15.9 Å². The summed E-state index contributed by atoms with van der Waals surface area (Å²) in [4.78, 5) is 11.6. The van der Waals surface area contributed by atoms with Crippen LogP contribution in [0.3, 0.4) is 0 Å². The van der Waals surface area contributed by atoms with Gasteiger partial charge in [0.15, 0.2) is 0 Å². The van der Waals surface area contributed by atoms with Crippen molar-refractivity contribution in [2.45, 2.75) is 19.1 Å². The summed E-state index contributed by atoms with van der Waals surface area (Å²) in [6, 6.07) is 3.58. The van der Waals surface area contributed by atoms with Crippen molar-refractivity contribution in [1.29, 1.82) is 0 Å². The lowest BCUT2D eigenvalue weighted by atomic mass is 10.3. The molecule has 3 nitrogen and oxygen atoms in total. The Balaban J connectivity index is 2.39. The summed E-state index contributed by atoms with van der Waals surface area (Å²) < 4.78 is 7.64. The number of ether oxygens (including phenoxy) is 1. The van der Waals surface area contributed by atoms with Crippen molar-refractivity contribution in [2.75, 3.05) is 6.61 Å². The number of pyridine rings is 1. The molecule has 1 aromatic rings. The molecule has 0 radical (unpaired) electrons. The fraction of sp³-hybridized carbons (Fsp3) is 0.444. The first-order chi connectivity index (χ1) is 6.29. The molecule has 1 saturated heterocycles. The summed E-state index contributed by atoms with van der Waals surface area (Å²) in [6.07, 6.45) is 3.66. The van der Waals surface area contributed by atoms with Gasteiger partial charge in [-0.25, -0.2) is 0 Å². The third-order valence-electron chi connectivity index (χ3n) is 2.14. The molecule has 1 unspecified atom stereocenters. The van der Waals surface area contributed by atoms with E-state index in [9.17, 15) is 4.79 Å². The normalized spacial score (nSPS) is 22.1. The second-order valence-corrected chi connectivity index (χ2v) is 3.89. The molecule has 0 bridgehead atoms. The van der Waals surface area contributed by atoms with Gasteiger partial charge in [0.25, 0.3) is 5.56 Å². The highest BCUT2D eigenvalue weighted by Gasteiger charge is 2.18. The predicted molar refractivity (Wildman–Crippen MR) is 52.6 cm³/mol. The van der Waals surface area contributed by atoms with Crippen molar-refractivity contribution in [1.82, 2.24) is 4.57 Å². The molecule has 0 aliphatic carbocycles. The standard InChI is InChI=1S/C9H10BrNO2/c10-7-3-1-5-11(9(7)12)8-4-2-6-13-8/h1,3,5,8H,2,4,6H2. The van der Waals surface area contributed by atoms with Crippen LogP contribution in [0.5, 0.6) is 0 Å². The second kappa shape index (κ2) is 3.64. The highest BCUT2D eigenvalue weighted by atomic mass is 79.9. The van der Waals surface area contributed by atoms with Crippen molar-refractivity contribution in [2.24, 2.45) is 0 Å². The number of halogens is 1. The number of nitrogens with zero attached hydrogens (tertiary/aromatic N) is 1. The van der Waals surface area contributed by atoms with Gasteiger partial charge in [-0.1, -0.05) is 0 Å². The van der Waals surface area contributed by atoms with Crippen molar-refractivity contribution in [3.8, 4) is 0 Å². The summed E-state index contributed by atoms with van der Waals surface area (Å²) in [7, 11) is 0. The van der Waals surface area contributed by atoms with Gasteiger partial charge >= 0.3 is 0 Å². The molecule has 0 amide bonds. The first kappa shape index (κ1) is 8.97. The Labute approximate surface area is 84.5 Å². The second-order valence-electron chi connectivity index (χ2n) is 3.04. The average molecular weight is 244 g/mol. The van der Waals surface area contributed by atoms with Crippen LogP contribution in [0.15, 0.2) is 27.6 Å². The van der Waals surface area contributed by atoms with Crippen LogP contribution in [0.2, 0.25) is 0 Å². The zero-order chi connectivity index (χ0) is 9.26. The lowest BCUT2D eigenvalue weighted by Gasteiger charge is -2.12. The lowest BCUT2D eigenvalue weighted by molar-refractivity contribution is 0.0536. The Bertz CT molecular complexity index is 355. The molecule has 0 saturated carbocycles. The molecule has 1 fully saturated rings. The molecule has 0 N–H and O–H groups in total. The first-order valence-electron chi connectivity index (χ1n) is 4.27. The maximum Gasteiger partial charge on any atom is 0.266 e. The Hall–Kier alpha value is -0.610. The molecule has 1 aliphatic rings. The first-order valence-corrected chi connectivity index (χ1v) is 5.06. The van der Waals surface area contributed by atoms with Gasteiger partial charge in [0, 0.05) is 12.8 Å². The number of rotatable bonds is 1. The average Bonchev–Trinajstić information content (AvgIpc) is 2.62. The maximum atomic E-state index is 11.6. The Morgan fingerprint density at radius 2 is 2.46 bits per heavy atom. The summed E-state index contributed by atoms with van der Waals surface area (Å²) in [5.41, 5.74) is -0.0191. The quantitative estimate of drug-likeness (QED) is 0.755. The van der Waals surface area contributed by atoms with Crippen molar-refractivity contribution in [3.63, 3.8) is 0 Å². The van der Waals surface area contributed by atoms with Crippen LogP contribution in [-0.2, 0) is 4.74 Å². The fourth-order valence-electron chi connectivity index (χ4n) is 1.49. The summed E-state index contributed by atoms with van der Waals surface area (Å²) in [6.45, 7) is 0.754. The minimum atomic E-state index is -0.0648. The van der Waals surface area contributed by atoms with Crippen LogP contribution >= 0.6 is 15.9 Å². The SMILES string of the molecule is O=c1c(Br)cccn1C1CCCO1. The third-order valence-corrected chi connectivity index (χ3v) is 2.75. The molecule has 4 heteroatoms. The fourth-order valence-corrected chi connectivity index (χ4v) is 1.85. The zero-order valence-electron chi connectivity index (χ0n) is 7.07. The van der Waals surface area contributed by atoms with Gasteiger partial charge in [-0.15, -0.1) is 0 Å². The highest BCUT2D eigenvalue weighted by molar-refractivity contribution is 9.10. The van der Waals surface area contributed by atoms with E-state index in [1.165, 1.54) is 0 Å². The monoisotopic (exact) mass is 243 g/mol. The van der Waals surface area contributed by atoms with Crippen LogP contribution in [0.1, 0.15) is 19.1 Å². The van der Waals surface area contributed by atoms with Crippen LogP contribution < -0.4 is 5.56 Å². The van der Waals surface area contributed by atoms with Gasteiger partial charge in [0.2, 0.25) is 0 Å². The van der Waals surface area contributed by atoms with E-state index in [1.807, 2.05) is 6.07 Å². The number of hydrogen-bond donors (Lipinski definition) is 0. The molecule has 1 aliphatic heterocycles. The molecule has 0 aromatic carbocycles. The number of aromatic nitrogens is 1. The van der Waals surface area contributed by atoms with Crippen molar-refractivity contribution < 1.29 is 4.74 Å². The van der Waals surface area contributed by atoms with Gasteiger partial charge in [0.1, 0.15) is 6.23 Å². The Morgan fingerprint density at radius 3 is 3.15 bits per heavy atom. The molecular formula is C9H10BrNO2. The van der Waals surface area contributed by atoms with E-state index in [0.717, 1.165) is 19.4 Å². The van der Waals surface area contributed by atoms with E-state index in [0.29, 0.717) is 4.47 Å². The van der Waals surface area contributed by atoms with Crippen LogP contribution in [0.25, 0.3) is 0 Å².